The minimum atomic E-state index is 0.0806. The van der Waals surface area contributed by atoms with Gasteiger partial charge in [0.25, 0.3) is 0 Å². The van der Waals surface area contributed by atoms with Crippen LogP contribution in [0.5, 0.6) is 5.75 Å². The maximum Gasteiger partial charge on any atom is 0.234 e. The van der Waals surface area contributed by atoms with Gasteiger partial charge in [-0.1, -0.05) is 31.4 Å². The molecule has 1 heterocycles. The number of benzene rings is 1. The Hall–Kier alpha value is -1.63. The van der Waals surface area contributed by atoms with Crippen molar-refractivity contribution in [3.8, 4) is 5.75 Å². The zero-order valence-electron chi connectivity index (χ0n) is 17.7. The molecule has 1 aliphatic heterocycles. The lowest BCUT2D eigenvalue weighted by atomic mass is 9.97. The monoisotopic (exact) mass is 404 g/mol. The first-order valence-electron chi connectivity index (χ1n) is 11.1. The molecule has 0 radical (unpaired) electrons. The topological polar surface area (TPSA) is 60.0 Å². The fourth-order valence-corrected chi connectivity index (χ4v) is 4.08. The normalized spacial score (nSPS) is 19.2. The van der Waals surface area contributed by atoms with Crippen molar-refractivity contribution in [1.29, 1.82) is 0 Å². The van der Waals surface area contributed by atoms with E-state index in [2.05, 4.69) is 10.2 Å². The number of amides is 1. The summed E-state index contributed by atoms with van der Waals surface area (Å²) in [6, 6.07) is 7.81. The maximum absolute atomic E-state index is 12.3. The second-order valence-corrected chi connectivity index (χ2v) is 8.13. The molecule has 0 aromatic heterocycles. The zero-order valence-corrected chi connectivity index (χ0v) is 17.7. The van der Waals surface area contributed by atoms with Gasteiger partial charge in [0.05, 0.1) is 25.4 Å². The molecule has 2 aliphatic rings. The summed E-state index contributed by atoms with van der Waals surface area (Å²) in [6.45, 7) is 4.00. The van der Waals surface area contributed by atoms with E-state index in [-0.39, 0.29) is 5.91 Å². The minimum Gasteiger partial charge on any atom is -0.491 e. The van der Waals surface area contributed by atoms with Crippen LogP contribution in [0.2, 0.25) is 0 Å². The Morgan fingerprint density at radius 1 is 1.00 bits per heavy atom. The van der Waals surface area contributed by atoms with Gasteiger partial charge in [0, 0.05) is 26.7 Å². The molecule has 2 fully saturated rings. The highest BCUT2D eigenvalue weighted by Crippen LogP contribution is 2.24. The molecule has 3 rings (SSSR count). The Morgan fingerprint density at radius 2 is 1.69 bits per heavy atom. The van der Waals surface area contributed by atoms with Crippen molar-refractivity contribution in [2.24, 2.45) is 0 Å². The van der Waals surface area contributed by atoms with Crippen LogP contribution in [0.1, 0.15) is 50.5 Å². The van der Waals surface area contributed by atoms with Crippen molar-refractivity contribution >= 4 is 5.91 Å². The SMILES string of the molecule is COCCOc1ccc(CNC(=O)CN2CCC(OC3CCCCC3)CC2)cc1. The summed E-state index contributed by atoms with van der Waals surface area (Å²) < 4.78 is 16.8. The molecule has 29 heavy (non-hydrogen) atoms. The van der Waals surface area contributed by atoms with Gasteiger partial charge in [-0.25, -0.2) is 0 Å². The summed E-state index contributed by atoms with van der Waals surface area (Å²) >= 11 is 0. The fourth-order valence-electron chi connectivity index (χ4n) is 4.08. The van der Waals surface area contributed by atoms with Gasteiger partial charge in [-0.15, -0.1) is 0 Å². The lowest BCUT2D eigenvalue weighted by Gasteiger charge is -2.34. The number of rotatable bonds is 10. The van der Waals surface area contributed by atoms with E-state index in [1.165, 1.54) is 32.1 Å². The standard InChI is InChI=1S/C23H36N2O4/c1-27-15-16-28-20-9-7-19(8-10-20)17-24-23(26)18-25-13-11-22(12-14-25)29-21-5-3-2-4-6-21/h7-10,21-22H,2-6,11-18H2,1H3,(H,24,26). The molecule has 0 unspecified atom stereocenters. The van der Waals surface area contributed by atoms with Crippen LogP contribution < -0.4 is 10.1 Å². The van der Waals surface area contributed by atoms with Crippen molar-refractivity contribution in [2.75, 3.05) is 40.0 Å². The van der Waals surface area contributed by atoms with Crippen LogP contribution in [-0.2, 0) is 20.8 Å². The highest BCUT2D eigenvalue weighted by atomic mass is 16.5. The average Bonchev–Trinajstić information content (AvgIpc) is 2.75. The summed E-state index contributed by atoms with van der Waals surface area (Å²) in [4.78, 5) is 14.5. The predicted molar refractivity (Wildman–Crippen MR) is 113 cm³/mol. The number of methoxy groups -OCH3 is 1. The summed E-state index contributed by atoms with van der Waals surface area (Å²) in [5.74, 6) is 0.896. The number of hydrogen-bond acceptors (Lipinski definition) is 5. The molecular weight excluding hydrogens is 368 g/mol. The summed E-state index contributed by atoms with van der Waals surface area (Å²) in [6.07, 6.45) is 9.36. The summed E-state index contributed by atoms with van der Waals surface area (Å²) in [5, 5.41) is 3.02. The second-order valence-electron chi connectivity index (χ2n) is 8.13. The van der Waals surface area contributed by atoms with Gasteiger partial charge in [0.1, 0.15) is 12.4 Å². The van der Waals surface area contributed by atoms with Crippen LogP contribution >= 0.6 is 0 Å². The van der Waals surface area contributed by atoms with Gasteiger partial charge in [-0.05, 0) is 43.4 Å². The quantitative estimate of drug-likeness (QED) is 0.607. The molecule has 1 amide bonds. The summed E-state index contributed by atoms with van der Waals surface area (Å²) in [7, 11) is 1.66. The number of carbonyl (C=O) groups excluding carboxylic acids is 1. The van der Waals surface area contributed by atoms with E-state index in [4.69, 9.17) is 14.2 Å². The van der Waals surface area contributed by atoms with E-state index in [0.29, 0.717) is 38.5 Å². The van der Waals surface area contributed by atoms with E-state index < -0.39 is 0 Å². The molecule has 1 aromatic rings. The maximum atomic E-state index is 12.3. The third-order valence-corrected chi connectivity index (χ3v) is 5.81. The smallest absolute Gasteiger partial charge is 0.234 e. The molecule has 6 heteroatoms. The van der Waals surface area contributed by atoms with Crippen LogP contribution in [0.3, 0.4) is 0 Å². The molecule has 1 saturated carbocycles. The lowest BCUT2D eigenvalue weighted by Crippen LogP contribution is -2.43. The molecule has 1 saturated heterocycles. The van der Waals surface area contributed by atoms with Crippen LogP contribution in [0.15, 0.2) is 24.3 Å². The fraction of sp³-hybridized carbons (Fsp3) is 0.696. The number of nitrogens with one attached hydrogen (secondary N) is 1. The van der Waals surface area contributed by atoms with Crippen LogP contribution in [0.4, 0.5) is 0 Å². The van der Waals surface area contributed by atoms with Crippen molar-refractivity contribution in [1.82, 2.24) is 10.2 Å². The Labute approximate surface area is 174 Å². The average molecular weight is 405 g/mol. The first kappa shape index (κ1) is 22.1. The number of piperidine rings is 1. The third-order valence-electron chi connectivity index (χ3n) is 5.81. The molecule has 6 nitrogen and oxygen atoms in total. The lowest BCUT2D eigenvalue weighted by molar-refractivity contribution is -0.123. The highest BCUT2D eigenvalue weighted by Gasteiger charge is 2.24. The van der Waals surface area contributed by atoms with Crippen molar-refractivity contribution in [3.05, 3.63) is 29.8 Å². The predicted octanol–water partition coefficient (Wildman–Crippen LogP) is 3.14. The number of likely N-dealkylation sites (tertiary alicyclic amines) is 1. The Kier molecular flexibility index (Phi) is 9.25. The molecule has 0 bridgehead atoms. The van der Waals surface area contributed by atoms with Crippen molar-refractivity contribution < 1.29 is 19.0 Å². The Morgan fingerprint density at radius 3 is 2.38 bits per heavy atom. The molecule has 1 N–H and O–H groups in total. The van der Waals surface area contributed by atoms with E-state index in [0.717, 1.165) is 37.2 Å². The number of hydrogen-bond donors (Lipinski definition) is 1. The minimum absolute atomic E-state index is 0.0806. The first-order chi connectivity index (χ1) is 14.2. The van der Waals surface area contributed by atoms with E-state index in [9.17, 15) is 4.79 Å². The molecular formula is C23H36N2O4. The Bertz CT molecular complexity index is 593. The van der Waals surface area contributed by atoms with Gasteiger partial charge in [0.2, 0.25) is 5.91 Å². The number of carbonyl (C=O) groups is 1. The van der Waals surface area contributed by atoms with Gasteiger partial charge >= 0.3 is 0 Å². The Balaban J connectivity index is 1.30. The largest absolute Gasteiger partial charge is 0.491 e. The number of nitrogens with zero attached hydrogens (tertiary/aromatic N) is 1. The summed E-state index contributed by atoms with van der Waals surface area (Å²) in [5.41, 5.74) is 1.07. The molecule has 0 spiro atoms. The zero-order chi connectivity index (χ0) is 20.3. The number of ether oxygens (including phenoxy) is 3. The molecule has 162 valence electrons. The van der Waals surface area contributed by atoms with Crippen molar-refractivity contribution in [2.45, 2.75) is 63.7 Å². The first-order valence-corrected chi connectivity index (χ1v) is 11.1. The van der Waals surface area contributed by atoms with Gasteiger partial charge < -0.3 is 19.5 Å². The van der Waals surface area contributed by atoms with Crippen LogP contribution in [0.25, 0.3) is 0 Å². The molecule has 1 aromatic carbocycles. The molecule has 0 atom stereocenters. The highest BCUT2D eigenvalue weighted by molar-refractivity contribution is 5.78. The van der Waals surface area contributed by atoms with E-state index in [1.54, 1.807) is 7.11 Å². The van der Waals surface area contributed by atoms with E-state index >= 15 is 0 Å². The van der Waals surface area contributed by atoms with Crippen molar-refractivity contribution in [3.63, 3.8) is 0 Å². The molecule has 1 aliphatic carbocycles. The van der Waals surface area contributed by atoms with Gasteiger partial charge in [-0.3, -0.25) is 9.69 Å². The third kappa shape index (κ3) is 7.96. The second kappa shape index (κ2) is 12.2. The van der Waals surface area contributed by atoms with Gasteiger partial charge in [0.15, 0.2) is 0 Å². The van der Waals surface area contributed by atoms with E-state index in [1.807, 2.05) is 24.3 Å². The van der Waals surface area contributed by atoms with Crippen LogP contribution in [-0.4, -0.2) is 63.0 Å². The van der Waals surface area contributed by atoms with Gasteiger partial charge in [-0.2, -0.15) is 0 Å². The van der Waals surface area contributed by atoms with Crippen LogP contribution in [0, 0.1) is 0 Å².